The van der Waals surface area contributed by atoms with Crippen molar-refractivity contribution in [3.05, 3.63) is 47.3 Å². The highest BCUT2D eigenvalue weighted by Gasteiger charge is 2.21. The van der Waals surface area contributed by atoms with E-state index in [4.69, 9.17) is 0 Å². The molecule has 0 aliphatic rings. The lowest BCUT2D eigenvalue weighted by Crippen LogP contribution is -2.48. The summed E-state index contributed by atoms with van der Waals surface area (Å²) in [6, 6.07) is 14.9. The van der Waals surface area contributed by atoms with E-state index in [2.05, 4.69) is 47.8 Å². The zero-order chi connectivity index (χ0) is 14.9. The molecule has 110 valence electrons. The number of nitrogens with one attached hydrogen (secondary N) is 1. The summed E-state index contributed by atoms with van der Waals surface area (Å²) in [4.78, 5) is 1.20. The van der Waals surface area contributed by atoms with Gasteiger partial charge in [0.05, 0.1) is 18.8 Å². The van der Waals surface area contributed by atoms with Gasteiger partial charge in [0.15, 0.2) is 0 Å². The minimum Gasteiger partial charge on any atom is -0.394 e. The number of fused-ring (bicyclic) bond motifs is 3. The first-order valence-electron chi connectivity index (χ1n) is 7.02. The van der Waals surface area contributed by atoms with E-state index in [0.29, 0.717) is 6.54 Å². The molecule has 21 heavy (non-hydrogen) atoms. The van der Waals surface area contributed by atoms with Crippen molar-refractivity contribution < 1.29 is 10.2 Å². The van der Waals surface area contributed by atoms with Crippen LogP contribution in [0.25, 0.3) is 20.9 Å². The highest BCUT2D eigenvalue weighted by molar-refractivity contribution is 7.19. The summed E-state index contributed by atoms with van der Waals surface area (Å²) in [7, 11) is 0. The summed E-state index contributed by atoms with van der Waals surface area (Å²) >= 11 is 1.75. The summed E-state index contributed by atoms with van der Waals surface area (Å²) in [5.74, 6) is 0. The Morgan fingerprint density at radius 2 is 1.81 bits per heavy atom. The Bertz CT molecular complexity index is 762. The highest BCUT2D eigenvalue weighted by atomic mass is 32.1. The third-order valence-corrected chi connectivity index (χ3v) is 4.96. The van der Waals surface area contributed by atoms with Crippen LogP contribution in [0, 0.1) is 0 Å². The molecule has 0 aliphatic carbocycles. The average Bonchev–Trinajstić information content (AvgIpc) is 2.96. The molecule has 0 amide bonds. The molecule has 1 heterocycles. The lowest BCUT2D eigenvalue weighted by molar-refractivity contribution is 0.103. The summed E-state index contributed by atoms with van der Waals surface area (Å²) in [5, 5.41) is 25.7. The smallest absolute Gasteiger partial charge is 0.0633 e. The fourth-order valence-corrected chi connectivity index (χ4v) is 3.41. The molecule has 2 aromatic carbocycles. The topological polar surface area (TPSA) is 52.5 Å². The van der Waals surface area contributed by atoms with Crippen molar-refractivity contribution in [3.8, 4) is 0 Å². The number of rotatable bonds is 5. The van der Waals surface area contributed by atoms with Crippen molar-refractivity contribution in [2.45, 2.75) is 19.0 Å². The van der Waals surface area contributed by atoms with Crippen molar-refractivity contribution in [1.82, 2.24) is 5.32 Å². The zero-order valence-electron chi connectivity index (χ0n) is 12.0. The normalized spacial score (nSPS) is 12.3. The standard InChI is InChI=1S/C17H19NO2S/c1-17(10-19,11-20)18-9-13-8-15-14-5-3-2-4-12(14)6-7-16(15)21-13/h2-8,18-20H,9-11H2,1H3. The Kier molecular flexibility index (Phi) is 3.95. The minimum atomic E-state index is -0.641. The molecule has 3 rings (SSSR count). The molecule has 0 spiro atoms. The van der Waals surface area contributed by atoms with Gasteiger partial charge in [0.1, 0.15) is 0 Å². The van der Waals surface area contributed by atoms with Crippen LogP contribution in [-0.4, -0.2) is 29.0 Å². The van der Waals surface area contributed by atoms with Gasteiger partial charge in [-0.3, -0.25) is 0 Å². The third kappa shape index (κ3) is 2.80. The van der Waals surface area contributed by atoms with E-state index in [-0.39, 0.29) is 13.2 Å². The fourth-order valence-electron chi connectivity index (χ4n) is 2.39. The largest absolute Gasteiger partial charge is 0.394 e. The molecule has 3 N–H and O–H groups in total. The number of hydrogen-bond donors (Lipinski definition) is 3. The predicted octanol–water partition coefficient (Wildman–Crippen LogP) is 2.89. The zero-order valence-corrected chi connectivity index (χ0v) is 12.8. The maximum Gasteiger partial charge on any atom is 0.0633 e. The van der Waals surface area contributed by atoms with Gasteiger partial charge in [-0.1, -0.05) is 30.3 Å². The van der Waals surface area contributed by atoms with E-state index in [1.165, 1.54) is 25.7 Å². The summed E-state index contributed by atoms with van der Waals surface area (Å²) in [6.45, 7) is 2.29. The lowest BCUT2D eigenvalue weighted by Gasteiger charge is -2.25. The first-order valence-corrected chi connectivity index (χ1v) is 7.84. The Labute approximate surface area is 127 Å². The molecule has 3 nitrogen and oxygen atoms in total. The van der Waals surface area contributed by atoms with Gasteiger partial charge in [0.2, 0.25) is 0 Å². The van der Waals surface area contributed by atoms with Crippen molar-refractivity contribution in [3.63, 3.8) is 0 Å². The molecule has 0 bridgehead atoms. The molecule has 0 saturated heterocycles. The number of thiophene rings is 1. The molecule has 1 aromatic heterocycles. The molecular weight excluding hydrogens is 282 g/mol. The van der Waals surface area contributed by atoms with Gasteiger partial charge in [-0.2, -0.15) is 0 Å². The van der Waals surface area contributed by atoms with Gasteiger partial charge >= 0.3 is 0 Å². The molecule has 4 heteroatoms. The van der Waals surface area contributed by atoms with Gasteiger partial charge < -0.3 is 15.5 Å². The Morgan fingerprint density at radius 1 is 1.05 bits per heavy atom. The van der Waals surface area contributed by atoms with Crippen molar-refractivity contribution >= 4 is 32.2 Å². The number of hydrogen-bond acceptors (Lipinski definition) is 4. The van der Waals surface area contributed by atoms with Crippen LogP contribution in [0.2, 0.25) is 0 Å². The monoisotopic (exact) mass is 301 g/mol. The van der Waals surface area contributed by atoms with Crippen LogP contribution in [0.3, 0.4) is 0 Å². The van der Waals surface area contributed by atoms with Gasteiger partial charge in [-0.15, -0.1) is 11.3 Å². The second-order valence-corrected chi connectivity index (χ2v) is 6.81. The second-order valence-electron chi connectivity index (χ2n) is 5.64. The summed E-state index contributed by atoms with van der Waals surface area (Å²) in [6.07, 6.45) is 0. The number of benzene rings is 2. The highest BCUT2D eigenvalue weighted by Crippen LogP contribution is 2.32. The van der Waals surface area contributed by atoms with Gasteiger partial charge in [0, 0.05) is 21.5 Å². The Balaban J connectivity index is 1.93. The van der Waals surface area contributed by atoms with Gasteiger partial charge in [0.25, 0.3) is 0 Å². The summed E-state index contributed by atoms with van der Waals surface area (Å²) < 4.78 is 1.26. The third-order valence-electron chi connectivity index (χ3n) is 3.86. The number of aliphatic hydroxyl groups excluding tert-OH is 2. The van der Waals surface area contributed by atoms with Crippen LogP contribution in [0.1, 0.15) is 11.8 Å². The maximum absolute atomic E-state index is 9.33. The molecule has 0 atom stereocenters. The molecule has 0 saturated carbocycles. The molecule has 3 aromatic rings. The number of aliphatic hydroxyl groups is 2. The van der Waals surface area contributed by atoms with E-state index >= 15 is 0 Å². The Hall–Kier alpha value is -1.46. The van der Waals surface area contributed by atoms with Crippen LogP contribution in [-0.2, 0) is 6.54 Å². The van der Waals surface area contributed by atoms with E-state index < -0.39 is 5.54 Å². The van der Waals surface area contributed by atoms with Gasteiger partial charge in [-0.05, 0) is 29.8 Å². The van der Waals surface area contributed by atoms with Crippen LogP contribution in [0.4, 0.5) is 0 Å². The average molecular weight is 301 g/mol. The molecular formula is C17H19NO2S. The molecule has 0 unspecified atom stereocenters. The molecule has 0 radical (unpaired) electrons. The van der Waals surface area contributed by atoms with Crippen molar-refractivity contribution in [2.24, 2.45) is 0 Å². The van der Waals surface area contributed by atoms with Crippen LogP contribution in [0.15, 0.2) is 42.5 Å². The minimum absolute atomic E-state index is 0.0860. The maximum atomic E-state index is 9.33. The van der Waals surface area contributed by atoms with E-state index in [1.807, 2.05) is 6.92 Å². The van der Waals surface area contributed by atoms with Crippen molar-refractivity contribution in [1.29, 1.82) is 0 Å². The Morgan fingerprint density at radius 3 is 2.57 bits per heavy atom. The van der Waals surface area contributed by atoms with E-state index in [0.717, 1.165) is 0 Å². The predicted molar refractivity (Wildman–Crippen MR) is 88.7 cm³/mol. The summed E-state index contributed by atoms with van der Waals surface area (Å²) in [5.41, 5.74) is -0.641. The lowest BCUT2D eigenvalue weighted by atomic mass is 10.1. The second kappa shape index (κ2) is 5.73. The SMILES string of the molecule is CC(CO)(CO)NCc1cc2c(ccc3ccccc32)s1. The van der Waals surface area contributed by atoms with E-state index in [9.17, 15) is 10.2 Å². The van der Waals surface area contributed by atoms with Crippen molar-refractivity contribution in [2.75, 3.05) is 13.2 Å². The quantitative estimate of drug-likeness (QED) is 0.679. The molecule has 0 aliphatic heterocycles. The fraction of sp³-hybridized carbons (Fsp3) is 0.294. The van der Waals surface area contributed by atoms with Crippen LogP contribution < -0.4 is 5.32 Å². The molecule has 0 fully saturated rings. The van der Waals surface area contributed by atoms with Gasteiger partial charge in [-0.25, -0.2) is 0 Å². The first-order chi connectivity index (χ1) is 10.1. The van der Waals surface area contributed by atoms with Crippen LogP contribution >= 0.6 is 11.3 Å². The first kappa shape index (κ1) is 14.5. The van der Waals surface area contributed by atoms with E-state index in [1.54, 1.807) is 11.3 Å². The van der Waals surface area contributed by atoms with Crippen LogP contribution in [0.5, 0.6) is 0 Å².